The maximum Gasteiger partial charge on any atom is 0.323 e. The van der Waals surface area contributed by atoms with Gasteiger partial charge in [0.25, 0.3) is 0 Å². The molecule has 0 aromatic carbocycles. The second-order valence-corrected chi connectivity index (χ2v) is 4.64. The molecule has 2 rings (SSSR count). The molecule has 0 amide bonds. The summed E-state index contributed by atoms with van der Waals surface area (Å²) >= 11 is 0. The molecule has 1 fully saturated rings. The van der Waals surface area contributed by atoms with E-state index in [1.54, 1.807) is 7.05 Å². The van der Waals surface area contributed by atoms with Gasteiger partial charge in [0.05, 0.1) is 6.61 Å². The molecule has 0 bridgehead atoms. The summed E-state index contributed by atoms with van der Waals surface area (Å²) in [6.45, 7) is 5.61. The van der Waals surface area contributed by atoms with Crippen molar-refractivity contribution >= 4 is 11.9 Å². The molecule has 2 N–H and O–H groups in total. The molecule has 1 saturated carbocycles. The lowest BCUT2D eigenvalue weighted by atomic mass is 10.1. The lowest BCUT2D eigenvalue weighted by Crippen LogP contribution is -2.16. The lowest BCUT2D eigenvalue weighted by Gasteiger charge is -2.12. The molecular formula is C12H21N5O. The summed E-state index contributed by atoms with van der Waals surface area (Å²) in [6.07, 6.45) is 2.71. The first-order valence-electron chi connectivity index (χ1n) is 6.53. The standard InChI is InChI=1S/C12H21N5O/c1-4-18-12-16-10(13-3)15-11(17-12)14-7-8(2)9-5-6-9/h8-9H,4-7H2,1-3H3,(H2,13,14,15,16,17). The monoisotopic (exact) mass is 251 g/mol. The van der Waals surface area contributed by atoms with Crippen LogP contribution in [0.5, 0.6) is 6.01 Å². The summed E-state index contributed by atoms with van der Waals surface area (Å²) in [4.78, 5) is 12.6. The zero-order valence-electron chi connectivity index (χ0n) is 11.2. The Morgan fingerprint density at radius 3 is 2.61 bits per heavy atom. The second kappa shape index (κ2) is 5.84. The highest BCUT2D eigenvalue weighted by atomic mass is 16.5. The van der Waals surface area contributed by atoms with Crippen LogP contribution in [0.25, 0.3) is 0 Å². The molecule has 1 aliphatic rings. The summed E-state index contributed by atoms with van der Waals surface area (Å²) < 4.78 is 5.31. The molecule has 0 spiro atoms. The minimum atomic E-state index is 0.360. The molecule has 1 atom stereocenters. The fourth-order valence-corrected chi connectivity index (χ4v) is 1.83. The first kappa shape index (κ1) is 12.9. The number of rotatable bonds is 7. The van der Waals surface area contributed by atoms with Gasteiger partial charge >= 0.3 is 6.01 Å². The zero-order valence-corrected chi connectivity index (χ0v) is 11.2. The van der Waals surface area contributed by atoms with Gasteiger partial charge in [-0.15, -0.1) is 0 Å². The van der Waals surface area contributed by atoms with Gasteiger partial charge in [-0.1, -0.05) is 6.92 Å². The predicted molar refractivity (Wildman–Crippen MR) is 70.9 cm³/mol. The lowest BCUT2D eigenvalue weighted by molar-refractivity contribution is 0.312. The second-order valence-electron chi connectivity index (χ2n) is 4.64. The van der Waals surface area contributed by atoms with Gasteiger partial charge < -0.3 is 15.4 Å². The largest absolute Gasteiger partial charge is 0.464 e. The van der Waals surface area contributed by atoms with Crippen LogP contribution in [-0.2, 0) is 0 Å². The Morgan fingerprint density at radius 1 is 1.28 bits per heavy atom. The topological polar surface area (TPSA) is 72.0 Å². The van der Waals surface area contributed by atoms with Crippen molar-refractivity contribution in [2.24, 2.45) is 11.8 Å². The first-order chi connectivity index (χ1) is 8.72. The summed E-state index contributed by atoms with van der Waals surface area (Å²) in [5, 5.41) is 6.16. The molecule has 18 heavy (non-hydrogen) atoms. The van der Waals surface area contributed by atoms with Crippen molar-refractivity contribution in [3.8, 4) is 6.01 Å². The van der Waals surface area contributed by atoms with Gasteiger partial charge in [0.1, 0.15) is 0 Å². The Bertz CT molecular complexity index is 394. The summed E-state index contributed by atoms with van der Waals surface area (Å²) in [7, 11) is 1.78. The average molecular weight is 251 g/mol. The predicted octanol–water partition coefficient (Wildman–Crippen LogP) is 1.77. The molecule has 0 radical (unpaired) electrons. The highest BCUT2D eigenvalue weighted by Gasteiger charge is 2.27. The molecule has 0 saturated heterocycles. The van der Waals surface area contributed by atoms with E-state index in [0.717, 1.165) is 12.5 Å². The normalized spacial score (nSPS) is 16.2. The van der Waals surface area contributed by atoms with Crippen molar-refractivity contribution in [1.82, 2.24) is 15.0 Å². The van der Waals surface area contributed by atoms with E-state index >= 15 is 0 Å². The van der Waals surface area contributed by atoms with Gasteiger partial charge in [0.15, 0.2) is 0 Å². The summed E-state index contributed by atoms with van der Waals surface area (Å²) in [6, 6.07) is 0.360. The van der Waals surface area contributed by atoms with Crippen molar-refractivity contribution in [2.75, 3.05) is 30.8 Å². The van der Waals surface area contributed by atoms with E-state index in [4.69, 9.17) is 4.74 Å². The minimum Gasteiger partial charge on any atom is -0.464 e. The smallest absolute Gasteiger partial charge is 0.323 e. The minimum absolute atomic E-state index is 0.360. The Labute approximate surface area is 108 Å². The zero-order chi connectivity index (χ0) is 13.0. The fourth-order valence-electron chi connectivity index (χ4n) is 1.83. The maximum atomic E-state index is 5.31. The average Bonchev–Trinajstić information content (AvgIpc) is 3.20. The van der Waals surface area contributed by atoms with E-state index in [9.17, 15) is 0 Å². The van der Waals surface area contributed by atoms with E-state index in [0.29, 0.717) is 30.4 Å². The third kappa shape index (κ3) is 3.45. The Balaban J connectivity index is 1.98. The number of anilines is 2. The van der Waals surface area contributed by atoms with Gasteiger partial charge in [-0.2, -0.15) is 15.0 Å². The van der Waals surface area contributed by atoms with Crippen molar-refractivity contribution < 1.29 is 4.74 Å². The van der Waals surface area contributed by atoms with Crippen LogP contribution in [0, 0.1) is 11.8 Å². The van der Waals surface area contributed by atoms with Gasteiger partial charge in [-0.3, -0.25) is 0 Å². The highest BCUT2D eigenvalue weighted by molar-refractivity contribution is 5.35. The molecular weight excluding hydrogens is 230 g/mol. The number of nitrogens with zero attached hydrogens (tertiary/aromatic N) is 3. The Morgan fingerprint density at radius 2 is 2.00 bits per heavy atom. The number of hydrogen-bond acceptors (Lipinski definition) is 6. The Hall–Kier alpha value is -1.59. The summed E-state index contributed by atoms with van der Waals surface area (Å²) in [5.74, 6) is 2.63. The molecule has 1 heterocycles. The molecule has 6 heteroatoms. The van der Waals surface area contributed by atoms with Crippen LogP contribution in [0.3, 0.4) is 0 Å². The highest BCUT2D eigenvalue weighted by Crippen LogP contribution is 2.36. The van der Waals surface area contributed by atoms with E-state index in [1.165, 1.54) is 12.8 Å². The van der Waals surface area contributed by atoms with Crippen LogP contribution >= 0.6 is 0 Å². The fraction of sp³-hybridized carbons (Fsp3) is 0.750. The third-order valence-corrected chi connectivity index (χ3v) is 3.12. The number of hydrogen-bond donors (Lipinski definition) is 2. The molecule has 100 valence electrons. The van der Waals surface area contributed by atoms with Crippen LogP contribution in [0.2, 0.25) is 0 Å². The third-order valence-electron chi connectivity index (χ3n) is 3.12. The molecule has 6 nitrogen and oxygen atoms in total. The Kier molecular flexibility index (Phi) is 4.17. The van der Waals surface area contributed by atoms with E-state index in [-0.39, 0.29) is 0 Å². The van der Waals surface area contributed by atoms with E-state index < -0.39 is 0 Å². The molecule has 1 aliphatic carbocycles. The van der Waals surface area contributed by atoms with E-state index in [1.807, 2.05) is 6.92 Å². The maximum absolute atomic E-state index is 5.31. The molecule has 0 aliphatic heterocycles. The van der Waals surface area contributed by atoms with Gasteiger partial charge in [0, 0.05) is 13.6 Å². The van der Waals surface area contributed by atoms with Crippen LogP contribution in [-0.4, -0.2) is 35.2 Å². The first-order valence-corrected chi connectivity index (χ1v) is 6.53. The SMILES string of the molecule is CCOc1nc(NC)nc(NCC(C)C2CC2)n1. The van der Waals surface area contributed by atoms with Crippen molar-refractivity contribution in [1.29, 1.82) is 0 Å². The molecule has 1 aromatic heterocycles. The van der Waals surface area contributed by atoms with Gasteiger partial charge in [-0.25, -0.2) is 0 Å². The molecule has 1 aromatic rings. The number of ether oxygens (including phenoxy) is 1. The van der Waals surface area contributed by atoms with Crippen molar-refractivity contribution in [2.45, 2.75) is 26.7 Å². The van der Waals surface area contributed by atoms with Crippen LogP contribution in [0.4, 0.5) is 11.9 Å². The molecule has 1 unspecified atom stereocenters. The van der Waals surface area contributed by atoms with Gasteiger partial charge in [0.2, 0.25) is 11.9 Å². The van der Waals surface area contributed by atoms with Crippen molar-refractivity contribution in [3.63, 3.8) is 0 Å². The van der Waals surface area contributed by atoms with E-state index in [2.05, 4.69) is 32.5 Å². The number of nitrogens with one attached hydrogen (secondary N) is 2. The summed E-state index contributed by atoms with van der Waals surface area (Å²) in [5.41, 5.74) is 0. The quantitative estimate of drug-likeness (QED) is 0.769. The van der Waals surface area contributed by atoms with Crippen LogP contribution in [0.1, 0.15) is 26.7 Å². The van der Waals surface area contributed by atoms with Gasteiger partial charge in [-0.05, 0) is 31.6 Å². The van der Waals surface area contributed by atoms with Crippen LogP contribution in [0.15, 0.2) is 0 Å². The number of aromatic nitrogens is 3. The van der Waals surface area contributed by atoms with Crippen LogP contribution < -0.4 is 15.4 Å². The van der Waals surface area contributed by atoms with Crippen molar-refractivity contribution in [3.05, 3.63) is 0 Å².